The number of halogens is 1. The van der Waals surface area contributed by atoms with E-state index in [9.17, 15) is 9.59 Å². The monoisotopic (exact) mass is 368 g/mol. The maximum atomic E-state index is 12.6. The number of amides is 1. The summed E-state index contributed by atoms with van der Waals surface area (Å²) in [6, 6.07) is 8.00. The molecule has 0 aliphatic heterocycles. The van der Waals surface area contributed by atoms with E-state index in [2.05, 4.69) is 17.6 Å². The molecule has 0 aliphatic rings. The highest BCUT2D eigenvalue weighted by Gasteiger charge is 2.13. The van der Waals surface area contributed by atoms with Crippen LogP contribution in [0, 0.1) is 0 Å². The van der Waals surface area contributed by atoms with E-state index >= 15 is 0 Å². The normalized spacial score (nSPS) is 12.0. The van der Waals surface area contributed by atoms with Crippen molar-refractivity contribution in [2.45, 2.75) is 52.7 Å². The fourth-order valence-electron chi connectivity index (χ4n) is 2.92. The minimum atomic E-state index is -0.0353. The molecule has 140 valence electrons. The predicted molar refractivity (Wildman–Crippen MR) is 105 cm³/mol. The van der Waals surface area contributed by atoms with E-state index < -0.39 is 0 Å². The molecule has 1 aromatic carbocycles. The van der Waals surface area contributed by atoms with E-state index in [1.54, 1.807) is 9.13 Å². The highest BCUT2D eigenvalue weighted by atomic mass is 35.5. The van der Waals surface area contributed by atoms with Gasteiger partial charge in [-0.1, -0.05) is 26.0 Å². The number of aryl methyl sites for hydroxylation is 2. The quantitative estimate of drug-likeness (QED) is 0.712. The molecule has 1 atom stereocenters. The van der Waals surface area contributed by atoms with Crippen LogP contribution in [0.15, 0.2) is 29.1 Å². The SMILES string of the molecule is CCCn1c(=O)n(CCC(=O)NC[C@@H](C)NCC)c2ccccc21.Cl. The van der Waals surface area contributed by atoms with Gasteiger partial charge in [-0.25, -0.2) is 4.79 Å². The molecule has 0 aliphatic carbocycles. The van der Waals surface area contributed by atoms with Crippen LogP contribution in [-0.4, -0.2) is 34.2 Å². The van der Waals surface area contributed by atoms with Gasteiger partial charge in [0.2, 0.25) is 5.91 Å². The number of likely N-dealkylation sites (N-methyl/N-ethyl adjacent to an activating group) is 1. The number of fused-ring (bicyclic) bond motifs is 1. The van der Waals surface area contributed by atoms with E-state index in [0.29, 0.717) is 26.1 Å². The van der Waals surface area contributed by atoms with Crippen LogP contribution in [0.5, 0.6) is 0 Å². The van der Waals surface area contributed by atoms with Gasteiger partial charge in [0.25, 0.3) is 0 Å². The fourth-order valence-corrected chi connectivity index (χ4v) is 2.92. The van der Waals surface area contributed by atoms with E-state index in [1.807, 2.05) is 38.1 Å². The van der Waals surface area contributed by atoms with Gasteiger partial charge in [-0.15, -0.1) is 12.4 Å². The summed E-state index contributed by atoms with van der Waals surface area (Å²) in [6.45, 7) is 8.69. The molecule has 6 nitrogen and oxygen atoms in total. The molecule has 0 spiro atoms. The minimum Gasteiger partial charge on any atom is -0.354 e. The molecule has 2 rings (SSSR count). The first kappa shape index (κ1) is 21.3. The van der Waals surface area contributed by atoms with Crippen molar-refractivity contribution in [2.75, 3.05) is 13.1 Å². The minimum absolute atomic E-state index is 0. The van der Waals surface area contributed by atoms with Gasteiger partial charge >= 0.3 is 5.69 Å². The van der Waals surface area contributed by atoms with E-state index in [1.165, 1.54) is 0 Å². The van der Waals surface area contributed by atoms with Crippen LogP contribution in [-0.2, 0) is 17.9 Å². The van der Waals surface area contributed by atoms with Crippen LogP contribution >= 0.6 is 12.4 Å². The van der Waals surface area contributed by atoms with Crippen molar-refractivity contribution in [3.63, 3.8) is 0 Å². The Bertz CT molecular complexity index is 738. The van der Waals surface area contributed by atoms with Gasteiger partial charge in [-0.05, 0) is 32.0 Å². The summed E-state index contributed by atoms with van der Waals surface area (Å²) < 4.78 is 3.50. The average Bonchev–Trinajstić information content (AvgIpc) is 2.84. The number of para-hydroxylation sites is 2. The Morgan fingerprint density at radius 2 is 1.72 bits per heavy atom. The third-order valence-electron chi connectivity index (χ3n) is 4.09. The zero-order chi connectivity index (χ0) is 17.5. The van der Waals surface area contributed by atoms with Crippen molar-refractivity contribution >= 4 is 29.3 Å². The van der Waals surface area contributed by atoms with Crippen molar-refractivity contribution in [2.24, 2.45) is 0 Å². The zero-order valence-corrected chi connectivity index (χ0v) is 16.1. The molecule has 0 saturated heterocycles. The third kappa shape index (κ3) is 5.34. The second kappa shape index (κ2) is 10.3. The van der Waals surface area contributed by atoms with Crippen LogP contribution < -0.4 is 16.3 Å². The molecular weight excluding hydrogens is 340 g/mol. The Labute approximate surface area is 155 Å². The zero-order valence-electron chi connectivity index (χ0n) is 15.2. The lowest BCUT2D eigenvalue weighted by molar-refractivity contribution is -0.121. The van der Waals surface area contributed by atoms with Crippen molar-refractivity contribution in [3.05, 3.63) is 34.7 Å². The molecule has 0 radical (unpaired) electrons. The predicted octanol–water partition coefficient (Wildman–Crippen LogP) is 2.14. The van der Waals surface area contributed by atoms with E-state index in [-0.39, 0.29) is 30.0 Å². The third-order valence-corrected chi connectivity index (χ3v) is 4.09. The van der Waals surface area contributed by atoms with Crippen molar-refractivity contribution < 1.29 is 4.79 Å². The first-order valence-corrected chi connectivity index (χ1v) is 8.76. The first-order valence-electron chi connectivity index (χ1n) is 8.76. The molecule has 0 bridgehead atoms. The summed E-state index contributed by atoms with van der Waals surface area (Å²) in [5, 5.41) is 6.17. The van der Waals surface area contributed by atoms with Gasteiger partial charge < -0.3 is 10.6 Å². The number of benzene rings is 1. The Kier molecular flexibility index (Phi) is 8.72. The number of aromatic nitrogens is 2. The van der Waals surface area contributed by atoms with Crippen LogP contribution in [0.3, 0.4) is 0 Å². The molecular formula is C18H29ClN4O2. The molecule has 1 amide bonds. The summed E-state index contributed by atoms with van der Waals surface area (Å²) in [5.41, 5.74) is 1.79. The smallest absolute Gasteiger partial charge is 0.329 e. The molecule has 2 aromatic rings. The first-order chi connectivity index (χ1) is 11.6. The summed E-state index contributed by atoms with van der Waals surface area (Å²) >= 11 is 0. The number of imidazole rings is 1. The fraction of sp³-hybridized carbons (Fsp3) is 0.556. The van der Waals surface area contributed by atoms with Crippen LogP contribution in [0.4, 0.5) is 0 Å². The van der Waals surface area contributed by atoms with Gasteiger partial charge in [0.05, 0.1) is 11.0 Å². The van der Waals surface area contributed by atoms with Gasteiger partial charge in [0.15, 0.2) is 0 Å². The Hall–Kier alpha value is -1.79. The summed E-state index contributed by atoms with van der Waals surface area (Å²) in [7, 11) is 0. The van der Waals surface area contributed by atoms with Crippen LogP contribution in [0.25, 0.3) is 11.0 Å². The lowest BCUT2D eigenvalue weighted by Gasteiger charge is -2.13. The van der Waals surface area contributed by atoms with Crippen LogP contribution in [0.1, 0.15) is 33.6 Å². The van der Waals surface area contributed by atoms with Gasteiger partial charge in [-0.3, -0.25) is 13.9 Å². The van der Waals surface area contributed by atoms with E-state index in [0.717, 1.165) is 24.0 Å². The second-order valence-corrected chi connectivity index (χ2v) is 6.09. The van der Waals surface area contributed by atoms with Gasteiger partial charge in [-0.2, -0.15) is 0 Å². The van der Waals surface area contributed by atoms with Crippen molar-refractivity contribution in [1.29, 1.82) is 0 Å². The highest BCUT2D eigenvalue weighted by molar-refractivity contribution is 5.85. The second-order valence-electron chi connectivity index (χ2n) is 6.09. The number of carbonyl (C=O) groups is 1. The molecule has 7 heteroatoms. The number of rotatable bonds is 9. The largest absolute Gasteiger partial charge is 0.354 e. The summed E-state index contributed by atoms with van der Waals surface area (Å²) in [6.07, 6.45) is 1.20. The Balaban J connectivity index is 0.00000312. The molecule has 0 unspecified atom stereocenters. The summed E-state index contributed by atoms with van der Waals surface area (Å²) in [4.78, 5) is 24.7. The maximum absolute atomic E-state index is 12.6. The molecule has 0 saturated carbocycles. The average molecular weight is 369 g/mol. The van der Waals surface area contributed by atoms with E-state index in [4.69, 9.17) is 0 Å². The highest BCUT2D eigenvalue weighted by Crippen LogP contribution is 2.13. The lowest BCUT2D eigenvalue weighted by atomic mass is 10.3. The van der Waals surface area contributed by atoms with Crippen LogP contribution in [0.2, 0.25) is 0 Å². The van der Waals surface area contributed by atoms with Gasteiger partial charge in [0.1, 0.15) is 0 Å². The summed E-state index contributed by atoms with van der Waals surface area (Å²) in [5.74, 6) is -0.0287. The van der Waals surface area contributed by atoms with Crippen molar-refractivity contribution in [1.82, 2.24) is 19.8 Å². The maximum Gasteiger partial charge on any atom is 0.329 e. The van der Waals surface area contributed by atoms with Crippen molar-refractivity contribution in [3.8, 4) is 0 Å². The lowest BCUT2D eigenvalue weighted by Crippen LogP contribution is -2.39. The number of nitrogens with zero attached hydrogens (tertiary/aromatic N) is 2. The number of hydrogen-bond acceptors (Lipinski definition) is 3. The number of carbonyl (C=O) groups excluding carboxylic acids is 1. The Morgan fingerprint density at radius 1 is 1.12 bits per heavy atom. The standard InChI is InChI=1S/C18H28N4O2.ClH/c1-4-11-21-15-8-6-7-9-16(15)22(18(21)24)12-10-17(23)20-13-14(3)19-5-2;/h6-9,14,19H,4-5,10-13H2,1-3H3,(H,20,23);1H/t14-;/m1./s1. The molecule has 25 heavy (non-hydrogen) atoms. The molecule has 0 fully saturated rings. The topological polar surface area (TPSA) is 68.1 Å². The number of nitrogens with one attached hydrogen (secondary N) is 2. The van der Waals surface area contributed by atoms with Gasteiger partial charge in [0, 0.05) is 32.1 Å². The molecule has 1 aromatic heterocycles. The number of hydrogen-bond donors (Lipinski definition) is 2. The Morgan fingerprint density at radius 3 is 2.28 bits per heavy atom. The molecule has 2 N–H and O–H groups in total. The molecule has 1 heterocycles.